The summed E-state index contributed by atoms with van der Waals surface area (Å²) in [5.41, 5.74) is 2.22. The van der Waals surface area contributed by atoms with Gasteiger partial charge in [-0.3, -0.25) is 0 Å². The first-order valence-electron chi connectivity index (χ1n) is 9.51. The van der Waals surface area contributed by atoms with E-state index in [1.807, 2.05) is 57.2 Å². The number of ether oxygens (including phenoxy) is 3. The van der Waals surface area contributed by atoms with Crippen molar-refractivity contribution in [2.45, 2.75) is 45.1 Å². The Hall–Kier alpha value is -2.37. The Morgan fingerprint density at radius 2 is 2.04 bits per heavy atom. The molecule has 1 aliphatic rings. The molecule has 2 atom stereocenters. The number of anilines is 1. The second-order valence-corrected chi connectivity index (χ2v) is 7.42. The number of fused-ring (bicyclic) bond motifs is 1. The van der Waals surface area contributed by atoms with E-state index in [0.717, 1.165) is 22.6 Å². The zero-order chi connectivity index (χ0) is 20.1. The first kappa shape index (κ1) is 20.4. The minimum atomic E-state index is -0.522. The van der Waals surface area contributed by atoms with Gasteiger partial charge in [-0.15, -0.1) is 0 Å². The van der Waals surface area contributed by atoms with E-state index in [0.29, 0.717) is 13.2 Å². The summed E-state index contributed by atoms with van der Waals surface area (Å²) >= 11 is 0. The van der Waals surface area contributed by atoms with E-state index in [-0.39, 0.29) is 18.0 Å². The lowest BCUT2D eigenvalue weighted by molar-refractivity contribution is -0.148. The molecule has 0 saturated carbocycles. The SMILES string of the molecule is C/C=C/COC1C(OC)c2cc(NCc3cccc(F)c3)ccc2OC1(C)C. The lowest BCUT2D eigenvalue weighted by atomic mass is 9.88. The lowest BCUT2D eigenvalue weighted by Crippen LogP contribution is -2.50. The van der Waals surface area contributed by atoms with Gasteiger partial charge in [-0.05, 0) is 56.7 Å². The summed E-state index contributed by atoms with van der Waals surface area (Å²) < 4.78 is 31.5. The zero-order valence-electron chi connectivity index (χ0n) is 16.9. The zero-order valence-corrected chi connectivity index (χ0v) is 16.9. The van der Waals surface area contributed by atoms with Gasteiger partial charge in [0, 0.05) is 24.9 Å². The molecule has 2 aromatic carbocycles. The van der Waals surface area contributed by atoms with E-state index < -0.39 is 5.60 Å². The number of rotatable bonds is 7. The molecule has 0 saturated heterocycles. The molecule has 0 bridgehead atoms. The highest BCUT2D eigenvalue weighted by Crippen LogP contribution is 2.44. The van der Waals surface area contributed by atoms with Crippen LogP contribution in [0.15, 0.2) is 54.6 Å². The number of halogens is 1. The molecule has 0 spiro atoms. The molecule has 150 valence electrons. The average Bonchev–Trinajstić information content (AvgIpc) is 2.66. The van der Waals surface area contributed by atoms with E-state index in [1.54, 1.807) is 13.2 Å². The molecule has 1 aliphatic heterocycles. The Labute approximate surface area is 166 Å². The molecule has 0 aliphatic carbocycles. The number of allylic oxidation sites excluding steroid dienone is 1. The van der Waals surface area contributed by atoms with Crippen LogP contribution in [0.4, 0.5) is 10.1 Å². The number of nitrogens with one attached hydrogen (secondary N) is 1. The second kappa shape index (κ2) is 8.76. The second-order valence-electron chi connectivity index (χ2n) is 7.42. The Balaban J connectivity index is 1.81. The van der Waals surface area contributed by atoms with Crippen molar-refractivity contribution in [3.63, 3.8) is 0 Å². The van der Waals surface area contributed by atoms with E-state index in [4.69, 9.17) is 14.2 Å². The molecule has 28 heavy (non-hydrogen) atoms. The van der Waals surface area contributed by atoms with Crippen molar-refractivity contribution >= 4 is 5.69 Å². The molecule has 2 aromatic rings. The summed E-state index contributed by atoms with van der Waals surface area (Å²) in [5, 5.41) is 3.34. The third kappa shape index (κ3) is 4.54. The molecular formula is C23H28FNO3. The van der Waals surface area contributed by atoms with Crippen LogP contribution in [0.25, 0.3) is 0 Å². The summed E-state index contributed by atoms with van der Waals surface area (Å²) in [7, 11) is 1.69. The molecule has 1 heterocycles. The van der Waals surface area contributed by atoms with Crippen molar-refractivity contribution < 1.29 is 18.6 Å². The Bertz CT molecular complexity index is 834. The van der Waals surface area contributed by atoms with Crippen LogP contribution < -0.4 is 10.1 Å². The maximum absolute atomic E-state index is 13.4. The van der Waals surface area contributed by atoms with Gasteiger partial charge in [0.25, 0.3) is 0 Å². The van der Waals surface area contributed by atoms with Crippen molar-refractivity contribution in [2.24, 2.45) is 0 Å². The predicted octanol–water partition coefficient (Wildman–Crippen LogP) is 5.26. The maximum atomic E-state index is 13.4. The summed E-state index contributed by atoms with van der Waals surface area (Å²) in [6, 6.07) is 12.5. The van der Waals surface area contributed by atoms with Crippen LogP contribution in [-0.4, -0.2) is 25.4 Å². The van der Waals surface area contributed by atoms with E-state index in [1.165, 1.54) is 12.1 Å². The molecular weight excluding hydrogens is 357 g/mol. The topological polar surface area (TPSA) is 39.7 Å². The molecule has 0 aromatic heterocycles. The number of hydrogen-bond acceptors (Lipinski definition) is 4. The minimum absolute atomic E-state index is 0.235. The van der Waals surface area contributed by atoms with Gasteiger partial charge in [0.1, 0.15) is 29.4 Å². The van der Waals surface area contributed by atoms with Gasteiger partial charge >= 0.3 is 0 Å². The smallest absolute Gasteiger partial charge is 0.132 e. The molecule has 1 N–H and O–H groups in total. The van der Waals surface area contributed by atoms with E-state index in [9.17, 15) is 4.39 Å². The van der Waals surface area contributed by atoms with Crippen molar-refractivity contribution in [3.8, 4) is 5.75 Å². The van der Waals surface area contributed by atoms with E-state index in [2.05, 4.69) is 5.32 Å². The highest BCUT2D eigenvalue weighted by Gasteiger charge is 2.45. The molecule has 0 amide bonds. The summed E-state index contributed by atoms with van der Waals surface area (Å²) in [4.78, 5) is 0. The summed E-state index contributed by atoms with van der Waals surface area (Å²) in [6.45, 7) is 7.02. The van der Waals surface area contributed by atoms with Gasteiger partial charge in [-0.2, -0.15) is 0 Å². The van der Waals surface area contributed by atoms with Crippen molar-refractivity contribution in [2.75, 3.05) is 19.0 Å². The van der Waals surface area contributed by atoms with Crippen LogP contribution in [-0.2, 0) is 16.0 Å². The Morgan fingerprint density at radius 3 is 2.75 bits per heavy atom. The number of hydrogen-bond donors (Lipinski definition) is 1. The third-order valence-corrected chi connectivity index (χ3v) is 4.90. The van der Waals surface area contributed by atoms with Gasteiger partial charge in [0.05, 0.1) is 6.61 Å². The monoisotopic (exact) mass is 385 g/mol. The average molecular weight is 385 g/mol. The minimum Gasteiger partial charge on any atom is -0.485 e. The van der Waals surface area contributed by atoms with Crippen LogP contribution in [0.2, 0.25) is 0 Å². The number of benzene rings is 2. The molecule has 4 nitrogen and oxygen atoms in total. The predicted molar refractivity (Wildman–Crippen MR) is 109 cm³/mol. The van der Waals surface area contributed by atoms with Crippen LogP contribution >= 0.6 is 0 Å². The normalized spacial score (nSPS) is 20.6. The van der Waals surface area contributed by atoms with Crippen LogP contribution in [0.1, 0.15) is 38.0 Å². The largest absolute Gasteiger partial charge is 0.485 e. The Morgan fingerprint density at radius 1 is 1.21 bits per heavy atom. The van der Waals surface area contributed by atoms with Crippen LogP contribution in [0, 0.1) is 5.82 Å². The van der Waals surface area contributed by atoms with Crippen molar-refractivity contribution in [3.05, 3.63) is 71.6 Å². The summed E-state index contributed by atoms with van der Waals surface area (Å²) in [6.07, 6.45) is 3.43. The van der Waals surface area contributed by atoms with Crippen molar-refractivity contribution in [1.82, 2.24) is 0 Å². The summed E-state index contributed by atoms with van der Waals surface area (Å²) in [5.74, 6) is 0.556. The first-order chi connectivity index (χ1) is 13.4. The third-order valence-electron chi connectivity index (χ3n) is 4.90. The lowest BCUT2D eigenvalue weighted by Gasteiger charge is -2.43. The van der Waals surface area contributed by atoms with Gasteiger partial charge in [0.2, 0.25) is 0 Å². The Kier molecular flexibility index (Phi) is 6.37. The highest BCUT2D eigenvalue weighted by atomic mass is 19.1. The van der Waals surface area contributed by atoms with E-state index >= 15 is 0 Å². The molecule has 3 rings (SSSR count). The van der Waals surface area contributed by atoms with Gasteiger partial charge in [-0.25, -0.2) is 4.39 Å². The maximum Gasteiger partial charge on any atom is 0.132 e. The molecule has 5 heteroatoms. The molecule has 2 unspecified atom stereocenters. The fraction of sp³-hybridized carbons (Fsp3) is 0.391. The van der Waals surface area contributed by atoms with Crippen LogP contribution in [0.5, 0.6) is 5.75 Å². The first-order valence-corrected chi connectivity index (χ1v) is 9.51. The molecule has 0 radical (unpaired) electrons. The van der Waals surface area contributed by atoms with Gasteiger partial charge in [0.15, 0.2) is 0 Å². The van der Waals surface area contributed by atoms with Crippen LogP contribution in [0.3, 0.4) is 0 Å². The van der Waals surface area contributed by atoms with Gasteiger partial charge < -0.3 is 19.5 Å². The quantitative estimate of drug-likeness (QED) is 0.660. The fourth-order valence-electron chi connectivity index (χ4n) is 3.49. The number of methoxy groups -OCH3 is 1. The highest BCUT2D eigenvalue weighted by molar-refractivity contribution is 5.53. The van der Waals surface area contributed by atoms with Crippen molar-refractivity contribution in [1.29, 1.82) is 0 Å². The fourth-order valence-corrected chi connectivity index (χ4v) is 3.49. The molecule has 0 fully saturated rings. The van der Waals surface area contributed by atoms with Gasteiger partial charge in [-0.1, -0.05) is 24.3 Å². The standard InChI is InChI=1S/C23H28FNO3/c1-5-6-12-27-22-21(26-4)19-14-18(10-11-20(19)28-23(22,2)3)25-15-16-8-7-9-17(24)13-16/h5-11,13-14,21-22,25H,12,15H2,1-4H3/b6-5+.